The van der Waals surface area contributed by atoms with Crippen LogP contribution in [0.5, 0.6) is 0 Å². The summed E-state index contributed by atoms with van der Waals surface area (Å²) in [6.45, 7) is 0.433. The quantitative estimate of drug-likeness (QED) is 0.838. The first-order valence-electron chi connectivity index (χ1n) is 8.10. The first kappa shape index (κ1) is 20.2. The van der Waals surface area contributed by atoms with Crippen LogP contribution in [0.1, 0.15) is 33.9 Å². The van der Waals surface area contributed by atoms with E-state index in [1.807, 2.05) is 24.3 Å². The second-order valence-corrected chi connectivity index (χ2v) is 6.62. The van der Waals surface area contributed by atoms with Crippen molar-refractivity contribution in [2.24, 2.45) is 5.73 Å². The van der Waals surface area contributed by atoms with Crippen molar-refractivity contribution < 1.29 is 9.59 Å². The number of nitrogens with two attached hydrogens (primary N) is 1. The van der Waals surface area contributed by atoms with E-state index in [9.17, 15) is 9.59 Å². The standard InChI is InChI=1S/C19H20ClN3O2.ClH/c1-23-17(24)10-16(18(23)13-6-8-15(20)9-7-13)22-19(25)14-4-2-12(11-21)3-5-14;/h2-9,16,18H,10-11,21H2,1H3,(H,22,25);1H. The van der Waals surface area contributed by atoms with E-state index < -0.39 is 0 Å². The van der Waals surface area contributed by atoms with Gasteiger partial charge in [0.25, 0.3) is 5.91 Å². The van der Waals surface area contributed by atoms with Gasteiger partial charge in [-0.1, -0.05) is 35.9 Å². The summed E-state index contributed by atoms with van der Waals surface area (Å²) in [6, 6.07) is 14.0. The summed E-state index contributed by atoms with van der Waals surface area (Å²) in [7, 11) is 1.75. The van der Waals surface area contributed by atoms with Gasteiger partial charge in [-0.2, -0.15) is 0 Å². The molecule has 7 heteroatoms. The molecule has 2 aromatic carbocycles. The van der Waals surface area contributed by atoms with E-state index >= 15 is 0 Å². The first-order chi connectivity index (χ1) is 12.0. The summed E-state index contributed by atoms with van der Waals surface area (Å²) in [5, 5.41) is 3.63. The minimum Gasteiger partial charge on any atom is -0.346 e. The van der Waals surface area contributed by atoms with Gasteiger partial charge in [-0.25, -0.2) is 0 Å². The minimum atomic E-state index is -0.291. The van der Waals surface area contributed by atoms with E-state index in [-0.39, 0.29) is 42.7 Å². The molecule has 1 aliphatic heterocycles. The van der Waals surface area contributed by atoms with Crippen molar-refractivity contribution in [2.75, 3.05) is 7.05 Å². The van der Waals surface area contributed by atoms with Crippen LogP contribution in [0.15, 0.2) is 48.5 Å². The lowest BCUT2D eigenvalue weighted by Gasteiger charge is -2.26. The third kappa shape index (κ3) is 4.18. The molecule has 2 aromatic rings. The number of carbonyl (C=O) groups is 2. The molecule has 2 unspecified atom stereocenters. The average molecular weight is 394 g/mol. The Labute approximate surface area is 163 Å². The zero-order valence-electron chi connectivity index (χ0n) is 14.3. The van der Waals surface area contributed by atoms with Crippen molar-refractivity contribution in [3.05, 3.63) is 70.2 Å². The van der Waals surface area contributed by atoms with Crippen LogP contribution in [0.3, 0.4) is 0 Å². The fourth-order valence-electron chi connectivity index (χ4n) is 3.16. The van der Waals surface area contributed by atoms with Gasteiger partial charge >= 0.3 is 0 Å². The number of likely N-dealkylation sites (tertiary alicyclic amines) is 1. The Hall–Kier alpha value is -2.08. The van der Waals surface area contributed by atoms with E-state index in [0.29, 0.717) is 17.1 Å². The SMILES string of the molecule is CN1C(=O)CC(NC(=O)c2ccc(CN)cc2)C1c1ccc(Cl)cc1.Cl. The molecule has 3 rings (SSSR count). The number of carbonyl (C=O) groups excluding carboxylic acids is 2. The number of nitrogens with zero attached hydrogens (tertiary/aromatic N) is 1. The van der Waals surface area contributed by atoms with E-state index in [0.717, 1.165) is 11.1 Å². The summed E-state index contributed by atoms with van der Waals surface area (Å²) >= 11 is 5.95. The van der Waals surface area contributed by atoms with Gasteiger partial charge < -0.3 is 16.0 Å². The molecule has 138 valence electrons. The molecule has 0 spiro atoms. The Morgan fingerprint density at radius 1 is 1.19 bits per heavy atom. The number of rotatable bonds is 4. The number of halogens is 2. The zero-order valence-corrected chi connectivity index (χ0v) is 15.9. The number of benzene rings is 2. The fraction of sp³-hybridized carbons (Fsp3) is 0.263. The van der Waals surface area contributed by atoms with E-state index in [4.69, 9.17) is 17.3 Å². The summed E-state index contributed by atoms with van der Waals surface area (Å²) in [5.74, 6) is -0.195. The molecule has 1 heterocycles. The van der Waals surface area contributed by atoms with Crippen LogP contribution in [-0.2, 0) is 11.3 Å². The van der Waals surface area contributed by atoms with E-state index in [1.165, 1.54) is 0 Å². The smallest absolute Gasteiger partial charge is 0.251 e. The highest BCUT2D eigenvalue weighted by molar-refractivity contribution is 6.30. The Bertz CT molecular complexity index is 778. The molecule has 0 saturated carbocycles. The van der Waals surface area contributed by atoms with Gasteiger partial charge in [0.15, 0.2) is 0 Å². The van der Waals surface area contributed by atoms with Crippen molar-refractivity contribution in [1.82, 2.24) is 10.2 Å². The summed E-state index contributed by atoms with van der Waals surface area (Å²) in [6.07, 6.45) is 0.274. The van der Waals surface area contributed by atoms with Crippen LogP contribution in [0.2, 0.25) is 5.02 Å². The molecule has 1 saturated heterocycles. The Morgan fingerprint density at radius 2 is 1.81 bits per heavy atom. The molecule has 2 amide bonds. The van der Waals surface area contributed by atoms with Crippen LogP contribution in [0.4, 0.5) is 0 Å². The molecular formula is C19H21Cl2N3O2. The maximum Gasteiger partial charge on any atom is 0.251 e. The van der Waals surface area contributed by atoms with Crippen LogP contribution in [-0.4, -0.2) is 29.8 Å². The van der Waals surface area contributed by atoms with Crippen molar-refractivity contribution in [3.8, 4) is 0 Å². The zero-order chi connectivity index (χ0) is 18.0. The van der Waals surface area contributed by atoms with E-state index in [1.54, 1.807) is 36.2 Å². The Morgan fingerprint density at radius 3 is 2.38 bits per heavy atom. The number of hydrogen-bond acceptors (Lipinski definition) is 3. The van der Waals surface area contributed by atoms with E-state index in [2.05, 4.69) is 5.32 Å². The number of likely N-dealkylation sites (N-methyl/N-ethyl adjacent to an activating group) is 1. The molecule has 26 heavy (non-hydrogen) atoms. The Balaban J connectivity index is 0.00000243. The van der Waals surface area contributed by atoms with Gasteiger partial charge in [-0.05, 0) is 35.4 Å². The molecule has 0 aromatic heterocycles. The van der Waals surface area contributed by atoms with Gasteiger partial charge in [0.05, 0.1) is 12.1 Å². The predicted molar refractivity (Wildman–Crippen MR) is 104 cm³/mol. The lowest BCUT2D eigenvalue weighted by Crippen LogP contribution is -2.39. The summed E-state index contributed by atoms with van der Waals surface area (Å²) in [4.78, 5) is 26.4. The number of hydrogen-bond donors (Lipinski definition) is 2. The molecule has 1 aliphatic rings. The second kappa shape index (κ2) is 8.54. The highest BCUT2D eigenvalue weighted by Crippen LogP contribution is 2.32. The molecule has 0 bridgehead atoms. The molecule has 5 nitrogen and oxygen atoms in total. The van der Waals surface area contributed by atoms with Crippen molar-refractivity contribution in [2.45, 2.75) is 25.0 Å². The molecule has 3 N–H and O–H groups in total. The molecule has 1 fully saturated rings. The third-order valence-corrected chi connectivity index (χ3v) is 4.82. The highest BCUT2D eigenvalue weighted by Gasteiger charge is 2.39. The monoisotopic (exact) mass is 393 g/mol. The minimum absolute atomic E-state index is 0. The van der Waals surface area contributed by atoms with Gasteiger partial charge in [0.1, 0.15) is 0 Å². The fourth-order valence-corrected chi connectivity index (χ4v) is 3.28. The normalized spacial score (nSPS) is 19.2. The molecule has 2 atom stereocenters. The van der Waals surface area contributed by atoms with Crippen molar-refractivity contribution >= 4 is 35.8 Å². The van der Waals surface area contributed by atoms with Crippen LogP contribution in [0.25, 0.3) is 0 Å². The summed E-state index contributed by atoms with van der Waals surface area (Å²) < 4.78 is 0. The highest BCUT2D eigenvalue weighted by atomic mass is 35.5. The van der Waals surface area contributed by atoms with Gasteiger partial charge in [0.2, 0.25) is 5.91 Å². The lowest BCUT2D eigenvalue weighted by atomic mass is 9.99. The van der Waals surface area contributed by atoms with Gasteiger partial charge in [-0.15, -0.1) is 12.4 Å². The lowest BCUT2D eigenvalue weighted by molar-refractivity contribution is -0.127. The first-order valence-corrected chi connectivity index (χ1v) is 8.48. The van der Waals surface area contributed by atoms with Crippen molar-refractivity contribution in [3.63, 3.8) is 0 Å². The second-order valence-electron chi connectivity index (χ2n) is 6.19. The Kier molecular flexibility index (Phi) is 6.64. The van der Waals surface area contributed by atoms with Crippen LogP contribution >= 0.6 is 24.0 Å². The third-order valence-electron chi connectivity index (χ3n) is 4.57. The van der Waals surface area contributed by atoms with Gasteiger partial charge in [0, 0.05) is 30.6 Å². The number of amides is 2. The molecule has 0 aliphatic carbocycles. The molecule has 0 radical (unpaired) electrons. The van der Waals surface area contributed by atoms with Crippen LogP contribution in [0, 0.1) is 0 Å². The summed E-state index contributed by atoms with van der Waals surface area (Å²) in [5.41, 5.74) is 8.04. The molecular weight excluding hydrogens is 373 g/mol. The predicted octanol–water partition coefficient (Wildman–Crippen LogP) is 2.92. The largest absolute Gasteiger partial charge is 0.346 e. The maximum absolute atomic E-state index is 12.6. The van der Waals surface area contributed by atoms with Crippen LogP contribution < -0.4 is 11.1 Å². The maximum atomic E-state index is 12.6. The van der Waals surface area contributed by atoms with Crippen molar-refractivity contribution in [1.29, 1.82) is 0 Å². The average Bonchev–Trinajstić information content (AvgIpc) is 2.90. The topological polar surface area (TPSA) is 75.4 Å². The number of nitrogens with one attached hydrogen (secondary N) is 1. The van der Waals surface area contributed by atoms with Gasteiger partial charge in [-0.3, -0.25) is 9.59 Å².